The van der Waals surface area contributed by atoms with Gasteiger partial charge < -0.3 is 5.32 Å². The number of benzene rings is 2. The summed E-state index contributed by atoms with van der Waals surface area (Å²) in [7, 11) is 0. The summed E-state index contributed by atoms with van der Waals surface area (Å²) in [5.74, 6) is 0.854. The first-order chi connectivity index (χ1) is 15.0. The second-order valence-electron chi connectivity index (χ2n) is 9.22. The Kier molecular flexibility index (Phi) is 5.43. The first kappa shape index (κ1) is 20.4. The van der Waals surface area contributed by atoms with Gasteiger partial charge in [0.2, 0.25) is 0 Å². The van der Waals surface area contributed by atoms with Gasteiger partial charge in [-0.2, -0.15) is 0 Å². The molecule has 1 amide bonds. The Morgan fingerprint density at radius 1 is 1.06 bits per heavy atom. The van der Waals surface area contributed by atoms with E-state index < -0.39 is 0 Å². The summed E-state index contributed by atoms with van der Waals surface area (Å²) in [6.07, 6.45) is 9.48. The zero-order chi connectivity index (χ0) is 21.4. The molecule has 3 nitrogen and oxygen atoms in total. The molecule has 2 aliphatic rings. The van der Waals surface area contributed by atoms with E-state index in [2.05, 4.69) is 16.4 Å². The zero-order valence-corrected chi connectivity index (χ0v) is 18.2. The molecule has 1 N–H and O–H groups in total. The predicted octanol–water partition coefficient (Wildman–Crippen LogP) is 6.65. The largest absolute Gasteiger partial charge is 0.347 e. The quantitative estimate of drug-likeness (QED) is 0.486. The van der Waals surface area contributed by atoms with Crippen molar-refractivity contribution in [1.29, 1.82) is 0 Å². The highest BCUT2D eigenvalue weighted by Crippen LogP contribution is 2.47. The first-order valence-corrected chi connectivity index (χ1v) is 11.5. The van der Waals surface area contributed by atoms with Crippen LogP contribution in [-0.2, 0) is 0 Å². The van der Waals surface area contributed by atoms with E-state index in [1.165, 1.54) is 11.6 Å². The molecule has 1 heterocycles. The Hall–Kier alpha value is -2.46. The summed E-state index contributed by atoms with van der Waals surface area (Å²) in [6.45, 7) is 0. The third-order valence-corrected chi connectivity index (χ3v) is 7.29. The lowest BCUT2D eigenvalue weighted by atomic mass is 9.75. The molecule has 0 atom stereocenters. The van der Waals surface area contributed by atoms with Crippen molar-refractivity contribution in [2.75, 3.05) is 0 Å². The van der Waals surface area contributed by atoms with Gasteiger partial charge in [-0.15, -0.1) is 0 Å². The molecular weight excluding hydrogens is 411 g/mol. The van der Waals surface area contributed by atoms with E-state index in [4.69, 9.17) is 11.6 Å². The summed E-state index contributed by atoms with van der Waals surface area (Å²) in [6, 6.07) is 14.0. The summed E-state index contributed by atoms with van der Waals surface area (Å²) < 4.78 is 13.8. The Balaban J connectivity index is 1.21. The van der Waals surface area contributed by atoms with E-state index in [-0.39, 0.29) is 17.3 Å². The van der Waals surface area contributed by atoms with Gasteiger partial charge in [-0.1, -0.05) is 11.6 Å². The highest BCUT2D eigenvalue weighted by Gasteiger charge is 2.45. The number of halogens is 2. The van der Waals surface area contributed by atoms with Gasteiger partial charge in [-0.25, -0.2) is 4.39 Å². The molecule has 2 aliphatic carbocycles. The van der Waals surface area contributed by atoms with Gasteiger partial charge in [0, 0.05) is 27.7 Å². The Labute approximate surface area is 187 Å². The monoisotopic (exact) mass is 436 g/mol. The SMILES string of the molecule is O=C(NC1(CC2CCC(c3ccnc4ccc(F)cc34)CC2)CC1)c1ccc(Cl)cc1. The number of carbonyl (C=O) groups is 1. The molecule has 1 aromatic heterocycles. The third kappa shape index (κ3) is 4.45. The summed E-state index contributed by atoms with van der Waals surface area (Å²) in [4.78, 5) is 17.0. The van der Waals surface area contributed by atoms with Crippen molar-refractivity contribution in [3.63, 3.8) is 0 Å². The average molecular weight is 437 g/mol. The van der Waals surface area contributed by atoms with Crippen molar-refractivity contribution in [1.82, 2.24) is 10.3 Å². The maximum absolute atomic E-state index is 13.8. The minimum Gasteiger partial charge on any atom is -0.347 e. The van der Waals surface area contributed by atoms with Gasteiger partial charge in [0.1, 0.15) is 5.82 Å². The van der Waals surface area contributed by atoms with Crippen LogP contribution in [0, 0.1) is 11.7 Å². The number of carbonyl (C=O) groups excluding carboxylic acids is 1. The standard InChI is InChI=1S/C26H26ClFN2O/c27-20-7-5-19(6-8-20)25(31)30-26(12-13-26)16-17-1-3-18(4-2-17)22-11-14-29-24-10-9-21(28)15-23(22)24/h5-11,14-15,17-18H,1-4,12-13,16H2,(H,30,31). The van der Waals surface area contributed by atoms with Gasteiger partial charge in [0.25, 0.3) is 5.91 Å². The van der Waals surface area contributed by atoms with Crippen molar-refractivity contribution in [2.24, 2.45) is 5.92 Å². The molecule has 3 aromatic rings. The molecule has 0 bridgehead atoms. The van der Waals surface area contributed by atoms with Crippen molar-refractivity contribution >= 4 is 28.4 Å². The highest BCUT2D eigenvalue weighted by molar-refractivity contribution is 6.30. The van der Waals surface area contributed by atoms with Crippen LogP contribution in [-0.4, -0.2) is 16.4 Å². The summed E-state index contributed by atoms with van der Waals surface area (Å²) in [5, 5.41) is 4.87. The van der Waals surface area contributed by atoms with Gasteiger partial charge in [-0.05, 0) is 111 Å². The number of amides is 1. The van der Waals surface area contributed by atoms with E-state index in [9.17, 15) is 9.18 Å². The fourth-order valence-electron chi connectivity index (χ4n) is 5.17. The molecule has 0 radical (unpaired) electrons. The normalized spacial score (nSPS) is 22.3. The molecule has 31 heavy (non-hydrogen) atoms. The minimum atomic E-state index is -0.206. The third-order valence-electron chi connectivity index (χ3n) is 7.04. The second kappa shape index (κ2) is 8.23. The van der Waals surface area contributed by atoms with Crippen LogP contribution in [0.4, 0.5) is 4.39 Å². The number of nitrogens with one attached hydrogen (secondary N) is 1. The van der Waals surface area contributed by atoms with Crippen molar-refractivity contribution in [2.45, 2.75) is 56.4 Å². The molecule has 2 saturated carbocycles. The maximum Gasteiger partial charge on any atom is 0.251 e. The smallest absolute Gasteiger partial charge is 0.251 e. The fraction of sp³-hybridized carbons (Fsp3) is 0.385. The number of nitrogens with zero attached hydrogens (tertiary/aromatic N) is 1. The van der Waals surface area contributed by atoms with Crippen molar-refractivity contribution in [3.05, 3.63) is 76.7 Å². The molecule has 0 unspecified atom stereocenters. The topological polar surface area (TPSA) is 42.0 Å². The lowest BCUT2D eigenvalue weighted by Gasteiger charge is -2.32. The van der Waals surface area contributed by atoms with Crippen LogP contribution in [0.15, 0.2) is 54.7 Å². The molecule has 160 valence electrons. The number of hydrogen-bond donors (Lipinski definition) is 1. The summed E-state index contributed by atoms with van der Waals surface area (Å²) in [5.41, 5.74) is 2.71. The van der Waals surface area contributed by atoms with E-state index in [0.29, 0.717) is 22.4 Å². The molecule has 0 saturated heterocycles. The fourth-order valence-corrected chi connectivity index (χ4v) is 5.30. The van der Waals surface area contributed by atoms with Crippen molar-refractivity contribution in [3.8, 4) is 0 Å². The van der Waals surface area contributed by atoms with Gasteiger partial charge in [0.05, 0.1) is 5.52 Å². The number of hydrogen-bond acceptors (Lipinski definition) is 2. The Morgan fingerprint density at radius 2 is 1.81 bits per heavy atom. The highest BCUT2D eigenvalue weighted by atomic mass is 35.5. The molecule has 0 spiro atoms. The molecule has 5 heteroatoms. The van der Waals surface area contributed by atoms with Crippen LogP contribution in [0.25, 0.3) is 10.9 Å². The second-order valence-corrected chi connectivity index (χ2v) is 9.66. The zero-order valence-electron chi connectivity index (χ0n) is 17.4. The van der Waals surface area contributed by atoms with Crippen LogP contribution in [0.1, 0.15) is 66.8 Å². The molecule has 2 fully saturated rings. The number of fused-ring (bicyclic) bond motifs is 1. The van der Waals surface area contributed by atoms with Gasteiger partial charge in [-0.3, -0.25) is 9.78 Å². The van der Waals surface area contributed by atoms with Crippen LogP contribution in [0.2, 0.25) is 5.02 Å². The first-order valence-electron chi connectivity index (χ1n) is 11.1. The number of rotatable bonds is 5. The molecular formula is C26H26ClFN2O. The lowest BCUT2D eigenvalue weighted by molar-refractivity contribution is 0.0921. The molecule has 2 aromatic carbocycles. The van der Waals surface area contributed by atoms with Crippen LogP contribution in [0.3, 0.4) is 0 Å². The summed E-state index contributed by atoms with van der Waals surface area (Å²) >= 11 is 5.93. The van der Waals surface area contributed by atoms with Crippen LogP contribution in [0.5, 0.6) is 0 Å². The predicted molar refractivity (Wildman–Crippen MR) is 122 cm³/mol. The van der Waals surface area contributed by atoms with Crippen molar-refractivity contribution < 1.29 is 9.18 Å². The average Bonchev–Trinajstić information content (AvgIpc) is 3.53. The minimum absolute atomic E-state index is 0.00636. The number of pyridine rings is 1. The van der Waals surface area contributed by atoms with Gasteiger partial charge in [0.15, 0.2) is 0 Å². The Morgan fingerprint density at radius 3 is 2.52 bits per heavy atom. The van der Waals surface area contributed by atoms with E-state index in [1.54, 1.807) is 36.4 Å². The maximum atomic E-state index is 13.8. The lowest BCUT2D eigenvalue weighted by Crippen LogP contribution is -2.38. The van der Waals surface area contributed by atoms with E-state index in [0.717, 1.165) is 55.8 Å². The van der Waals surface area contributed by atoms with Crippen LogP contribution >= 0.6 is 11.6 Å². The van der Waals surface area contributed by atoms with Gasteiger partial charge >= 0.3 is 0 Å². The molecule has 0 aliphatic heterocycles. The Bertz CT molecular complexity index is 1100. The van der Waals surface area contributed by atoms with Crippen LogP contribution < -0.4 is 5.32 Å². The van der Waals surface area contributed by atoms with E-state index in [1.807, 2.05) is 6.20 Å². The van der Waals surface area contributed by atoms with E-state index >= 15 is 0 Å². The molecule has 5 rings (SSSR count). The number of aromatic nitrogens is 1.